The zero-order chi connectivity index (χ0) is 8.69. The second kappa shape index (κ2) is 5.36. The maximum absolute atomic E-state index is 9.82. The summed E-state index contributed by atoms with van der Waals surface area (Å²) >= 11 is 0. The van der Waals surface area contributed by atoms with E-state index in [-0.39, 0.29) is 6.61 Å². The van der Waals surface area contributed by atoms with Crippen molar-refractivity contribution in [3.63, 3.8) is 0 Å². The normalized spacial score (nSPS) is 9.91. The third-order valence-electron chi connectivity index (χ3n) is 0.812. The van der Waals surface area contributed by atoms with Crippen LogP contribution in [0.5, 0.6) is 0 Å². The van der Waals surface area contributed by atoms with Gasteiger partial charge in [0.1, 0.15) is 0 Å². The molecule has 0 rings (SSSR count). The average Bonchev–Trinajstić information content (AvgIpc) is 1.97. The molecule has 0 amide bonds. The Morgan fingerprint density at radius 3 is 2.91 bits per heavy atom. The van der Waals surface area contributed by atoms with Crippen molar-refractivity contribution in [2.75, 3.05) is 13.2 Å². The van der Waals surface area contributed by atoms with Crippen molar-refractivity contribution in [3.8, 4) is 0 Å². The smallest absolute Gasteiger partial charge is 0.357 e. The van der Waals surface area contributed by atoms with Gasteiger partial charge in [-0.25, -0.2) is 0 Å². The molecule has 0 aliphatic rings. The van der Waals surface area contributed by atoms with Crippen molar-refractivity contribution in [1.82, 2.24) is 5.32 Å². The zero-order valence-electron chi connectivity index (χ0n) is 5.78. The highest BCUT2D eigenvalue weighted by molar-refractivity contribution is 5.82. The van der Waals surface area contributed by atoms with Gasteiger partial charge < -0.3 is 20.5 Å². The number of nitro groups is 1. The molecule has 0 aromatic carbocycles. The predicted molar refractivity (Wildman–Crippen MR) is 38.9 cm³/mol. The predicted octanol–water partition coefficient (Wildman–Crippen LogP) is -0.664. The molecule has 3 N–H and O–H groups in total. The molecule has 0 spiro atoms. The van der Waals surface area contributed by atoms with Crippen LogP contribution < -0.4 is 5.32 Å². The maximum Gasteiger partial charge on any atom is 0.357 e. The van der Waals surface area contributed by atoms with Crippen molar-refractivity contribution in [3.05, 3.63) is 22.4 Å². The molecule has 0 unspecified atom stereocenters. The standard InChI is InChI=1S/C5H9N3O3/c6-5(8(10)11)1-2-7-3-4-9/h1-2,6-7,9H,3-4H2/b2-1-,6-5?. The van der Waals surface area contributed by atoms with Gasteiger partial charge in [0, 0.05) is 12.7 Å². The van der Waals surface area contributed by atoms with Crippen LogP contribution in [0.2, 0.25) is 0 Å². The summed E-state index contributed by atoms with van der Waals surface area (Å²) in [6.07, 6.45) is 2.26. The van der Waals surface area contributed by atoms with E-state index in [0.29, 0.717) is 6.54 Å². The quantitative estimate of drug-likeness (QED) is 0.166. The summed E-state index contributed by atoms with van der Waals surface area (Å²) < 4.78 is 0. The number of amidine groups is 1. The van der Waals surface area contributed by atoms with Gasteiger partial charge in [0.25, 0.3) is 0 Å². The molecule has 0 aliphatic heterocycles. The Balaban J connectivity index is 3.57. The van der Waals surface area contributed by atoms with Crippen LogP contribution in [0.1, 0.15) is 0 Å². The van der Waals surface area contributed by atoms with Gasteiger partial charge in [-0.2, -0.15) is 0 Å². The van der Waals surface area contributed by atoms with Gasteiger partial charge in [0.05, 0.1) is 12.7 Å². The summed E-state index contributed by atoms with van der Waals surface area (Å²) in [5, 5.41) is 27.3. The Morgan fingerprint density at radius 2 is 2.45 bits per heavy atom. The molecule has 6 nitrogen and oxygen atoms in total. The molecule has 62 valence electrons. The first-order valence-corrected chi connectivity index (χ1v) is 2.92. The lowest BCUT2D eigenvalue weighted by Gasteiger charge is -1.93. The van der Waals surface area contributed by atoms with Crippen LogP contribution in [0.4, 0.5) is 0 Å². The summed E-state index contributed by atoms with van der Waals surface area (Å²) in [5.74, 6) is -0.685. The molecule has 0 aromatic heterocycles. The molecule has 0 heterocycles. The number of hydrogen-bond donors (Lipinski definition) is 3. The van der Waals surface area contributed by atoms with Crippen molar-refractivity contribution in [2.45, 2.75) is 0 Å². The molecule has 0 atom stereocenters. The minimum absolute atomic E-state index is 0.0455. The van der Waals surface area contributed by atoms with E-state index in [2.05, 4.69) is 5.32 Å². The summed E-state index contributed by atoms with van der Waals surface area (Å²) in [6, 6.07) is 0. The fraction of sp³-hybridized carbons (Fsp3) is 0.400. The lowest BCUT2D eigenvalue weighted by atomic mass is 10.5. The van der Waals surface area contributed by atoms with Crippen LogP contribution in [0, 0.1) is 15.5 Å². The summed E-state index contributed by atoms with van der Waals surface area (Å²) in [5.41, 5.74) is 0. The third-order valence-corrected chi connectivity index (χ3v) is 0.812. The fourth-order valence-corrected chi connectivity index (χ4v) is 0.347. The van der Waals surface area contributed by atoms with Crippen molar-refractivity contribution in [1.29, 1.82) is 5.41 Å². The number of rotatable bonds is 4. The van der Waals surface area contributed by atoms with Gasteiger partial charge in [-0.1, -0.05) is 5.41 Å². The van der Waals surface area contributed by atoms with E-state index in [4.69, 9.17) is 10.5 Å². The highest BCUT2D eigenvalue weighted by Gasteiger charge is 1.98. The van der Waals surface area contributed by atoms with E-state index in [1.54, 1.807) is 0 Å². The SMILES string of the molecule is N=C(/C=C\NCCO)[N+](=O)[O-]. The highest BCUT2D eigenvalue weighted by Crippen LogP contribution is 1.76. The van der Waals surface area contributed by atoms with Gasteiger partial charge >= 0.3 is 5.84 Å². The third kappa shape index (κ3) is 5.04. The van der Waals surface area contributed by atoms with E-state index in [1.807, 2.05) is 0 Å². The Kier molecular flexibility index (Phi) is 4.67. The summed E-state index contributed by atoms with van der Waals surface area (Å²) in [7, 11) is 0. The minimum Gasteiger partial charge on any atom is -0.395 e. The first kappa shape index (κ1) is 9.57. The van der Waals surface area contributed by atoms with Gasteiger partial charge in [0.15, 0.2) is 0 Å². The van der Waals surface area contributed by atoms with Crippen LogP contribution in [0.3, 0.4) is 0 Å². The average molecular weight is 159 g/mol. The van der Waals surface area contributed by atoms with E-state index >= 15 is 0 Å². The maximum atomic E-state index is 9.82. The molecular weight excluding hydrogens is 150 g/mol. The summed E-state index contributed by atoms with van der Waals surface area (Å²) in [4.78, 5) is 9.01. The lowest BCUT2D eigenvalue weighted by Crippen LogP contribution is -2.13. The molecule has 0 aliphatic carbocycles. The summed E-state index contributed by atoms with van der Waals surface area (Å²) in [6.45, 7) is 0.275. The monoisotopic (exact) mass is 159 g/mol. The molecule has 11 heavy (non-hydrogen) atoms. The molecule has 0 aromatic rings. The van der Waals surface area contributed by atoms with Gasteiger partial charge in [0.2, 0.25) is 0 Å². The van der Waals surface area contributed by atoms with Crippen LogP contribution in [-0.2, 0) is 0 Å². The Hall–Kier alpha value is -1.43. The van der Waals surface area contributed by atoms with E-state index in [1.165, 1.54) is 6.20 Å². The molecule has 0 radical (unpaired) electrons. The van der Waals surface area contributed by atoms with E-state index < -0.39 is 10.8 Å². The minimum atomic E-state index is -0.808. The molecule has 0 bridgehead atoms. The highest BCUT2D eigenvalue weighted by atomic mass is 16.6. The molecule has 0 saturated heterocycles. The van der Waals surface area contributed by atoms with Crippen molar-refractivity contribution < 1.29 is 10.0 Å². The number of hydrogen-bond acceptors (Lipinski definition) is 5. The lowest BCUT2D eigenvalue weighted by molar-refractivity contribution is -0.349. The van der Waals surface area contributed by atoms with Crippen molar-refractivity contribution >= 4 is 5.84 Å². The Morgan fingerprint density at radius 1 is 1.82 bits per heavy atom. The second-order valence-corrected chi connectivity index (χ2v) is 1.65. The molecule has 0 fully saturated rings. The van der Waals surface area contributed by atoms with Crippen molar-refractivity contribution in [2.24, 2.45) is 0 Å². The number of nitrogens with one attached hydrogen (secondary N) is 2. The molecular formula is C5H9N3O3. The number of aliphatic hydroxyl groups excluding tert-OH is 1. The molecule has 0 saturated carbocycles. The Labute approximate surface area is 63.2 Å². The zero-order valence-corrected chi connectivity index (χ0v) is 5.78. The van der Waals surface area contributed by atoms with Crippen LogP contribution in [0.15, 0.2) is 12.3 Å². The van der Waals surface area contributed by atoms with Crippen LogP contribution in [-0.4, -0.2) is 29.0 Å². The number of nitrogens with zero attached hydrogens (tertiary/aromatic N) is 1. The fourth-order valence-electron chi connectivity index (χ4n) is 0.347. The second-order valence-electron chi connectivity index (χ2n) is 1.65. The first-order valence-electron chi connectivity index (χ1n) is 2.92. The molecule has 6 heteroatoms. The largest absolute Gasteiger partial charge is 0.395 e. The van der Waals surface area contributed by atoms with Gasteiger partial charge in [-0.3, -0.25) is 0 Å². The first-order chi connectivity index (χ1) is 5.18. The van der Waals surface area contributed by atoms with Crippen LogP contribution in [0.25, 0.3) is 0 Å². The number of aliphatic hydroxyl groups is 1. The van der Waals surface area contributed by atoms with Gasteiger partial charge in [-0.05, 0) is 4.92 Å². The Bertz CT molecular complexity index is 178. The van der Waals surface area contributed by atoms with Crippen LogP contribution >= 0.6 is 0 Å². The van der Waals surface area contributed by atoms with E-state index in [0.717, 1.165) is 6.08 Å². The van der Waals surface area contributed by atoms with E-state index in [9.17, 15) is 10.1 Å². The topological polar surface area (TPSA) is 99.2 Å². The van der Waals surface area contributed by atoms with Gasteiger partial charge in [-0.15, -0.1) is 0 Å².